The quantitative estimate of drug-likeness (QED) is 0.701. The van der Waals surface area contributed by atoms with E-state index >= 15 is 0 Å². The lowest BCUT2D eigenvalue weighted by Gasteiger charge is -2.45. The summed E-state index contributed by atoms with van der Waals surface area (Å²) in [5.41, 5.74) is 0.487. The molecule has 0 bridgehead atoms. The smallest absolute Gasteiger partial charge is 0.410 e. The van der Waals surface area contributed by atoms with Gasteiger partial charge in [0.15, 0.2) is 5.54 Å². The van der Waals surface area contributed by atoms with Crippen molar-refractivity contribution in [2.45, 2.75) is 31.9 Å². The molecule has 0 saturated carbocycles. The fourth-order valence-electron chi connectivity index (χ4n) is 4.32. The van der Waals surface area contributed by atoms with Gasteiger partial charge in [-0.15, -0.1) is 0 Å². The first-order chi connectivity index (χ1) is 14.6. The first kappa shape index (κ1) is 21.9. The van der Waals surface area contributed by atoms with Crippen molar-refractivity contribution >= 4 is 40.9 Å². The Morgan fingerprint density at radius 1 is 1.03 bits per heavy atom. The molecule has 2 heterocycles. The molecule has 1 saturated heterocycles. The van der Waals surface area contributed by atoms with E-state index in [1.807, 2.05) is 51.1 Å². The second kappa shape index (κ2) is 8.01. The van der Waals surface area contributed by atoms with Crippen LogP contribution in [0.1, 0.15) is 31.9 Å². The molecule has 8 heteroatoms. The molecule has 164 valence electrons. The van der Waals surface area contributed by atoms with E-state index in [9.17, 15) is 9.59 Å². The lowest BCUT2D eigenvalue weighted by atomic mass is 9.81. The summed E-state index contributed by atoms with van der Waals surface area (Å²) in [6, 6.07) is 12.7. The van der Waals surface area contributed by atoms with Crippen LogP contribution in [0.4, 0.5) is 10.5 Å². The monoisotopic (exact) mass is 461 g/mol. The van der Waals surface area contributed by atoms with Gasteiger partial charge in [0.2, 0.25) is 0 Å². The van der Waals surface area contributed by atoms with Crippen LogP contribution in [0, 0.1) is 0 Å². The number of piperazine rings is 1. The normalized spacial score (nSPS) is 21.6. The Bertz CT molecular complexity index is 1030. The molecular weight excluding hydrogens is 437 g/mol. The highest BCUT2D eigenvalue weighted by molar-refractivity contribution is 6.32. The molecule has 1 atom stereocenters. The standard InChI is InChI=1S/C23H25Cl2N3O3/c1-22(2,3)31-21(30)27-10-12-28(13-11-27)23(16-6-4-5-7-18(16)25)17-14-15(24)8-9-19(17)26-20(23)29/h4-9,14H,10-13H2,1-3H3,(H,26,29). The van der Waals surface area contributed by atoms with Crippen molar-refractivity contribution in [3.63, 3.8) is 0 Å². The maximum absolute atomic E-state index is 13.6. The highest BCUT2D eigenvalue weighted by Crippen LogP contribution is 2.48. The number of amides is 2. The third kappa shape index (κ3) is 3.88. The summed E-state index contributed by atoms with van der Waals surface area (Å²) in [4.78, 5) is 29.8. The van der Waals surface area contributed by atoms with Gasteiger partial charge in [-0.25, -0.2) is 4.79 Å². The van der Waals surface area contributed by atoms with E-state index in [4.69, 9.17) is 27.9 Å². The van der Waals surface area contributed by atoms with Gasteiger partial charge in [0, 0.05) is 53.0 Å². The number of anilines is 1. The van der Waals surface area contributed by atoms with Crippen LogP contribution >= 0.6 is 23.2 Å². The first-order valence-electron chi connectivity index (χ1n) is 10.2. The van der Waals surface area contributed by atoms with E-state index in [1.54, 1.807) is 17.0 Å². The summed E-state index contributed by atoms with van der Waals surface area (Å²) in [6.07, 6.45) is -0.349. The summed E-state index contributed by atoms with van der Waals surface area (Å²) in [5.74, 6) is -0.177. The minimum atomic E-state index is -1.13. The summed E-state index contributed by atoms with van der Waals surface area (Å²) in [6.45, 7) is 7.35. The molecule has 6 nitrogen and oxygen atoms in total. The lowest BCUT2D eigenvalue weighted by Crippen LogP contribution is -2.59. The third-order valence-corrected chi connectivity index (χ3v) is 6.18. The minimum absolute atomic E-state index is 0.177. The number of carbonyl (C=O) groups excluding carboxylic acids is 2. The van der Waals surface area contributed by atoms with Gasteiger partial charge in [-0.05, 0) is 45.0 Å². The number of ether oxygens (including phenoxy) is 1. The van der Waals surface area contributed by atoms with Gasteiger partial charge in [-0.3, -0.25) is 9.69 Å². The largest absolute Gasteiger partial charge is 0.444 e. The predicted octanol–water partition coefficient (Wildman–Crippen LogP) is 4.74. The number of carbonyl (C=O) groups is 2. The molecule has 1 unspecified atom stereocenters. The topological polar surface area (TPSA) is 61.9 Å². The van der Waals surface area contributed by atoms with Gasteiger partial charge in [-0.1, -0.05) is 41.4 Å². The zero-order valence-corrected chi connectivity index (χ0v) is 19.3. The maximum Gasteiger partial charge on any atom is 0.410 e. The van der Waals surface area contributed by atoms with Crippen molar-refractivity contribution in [2.24, 2.45) is 0 Å². The molecule has 2 aliphatic heterocycles. The van der Waals surface area contributed by atoms with Crippen LogP contribution in [-0.2, 0) is 15.1 Å². The number of nitrogens with zero attached hydrogens (tertiary/aromatic N) is 2. The zero-order valence-electron chi connectivity index (χ0n) is 17.7. The van der Waals surface area contributed by atoms with Crippen molar-refractivity contribution < 1.29 is 14.3 Å². The number of fused-ring (bicyclic) bond motifs is 1. The Morgan fingerprint density at radius 3 is 2.35 bits per heavy atom. The van der Waals surface area contributed by atoms with Crippen LogP contribution in [0.25, 0.3) is 0 Å². The molecule has 1 N–H and O–H groups in total. The number of hydrogen-bond acceptors (Lipinski definition) is 4. The molecule has 2 aromatic rings. The van der Waals surface area contributed by atoms with Gasteiger partial charge in [-0.2, -0.15) is 0 Å². The van der Waals surface area contributed by atoms with E-state index in [2.05, 4.69) is 10.2 Å². The van der Waals surface area contributed by atoms with E-state index in [-0.39, 0.29) is 12.0 Å². The van der Waals surface area contributed by atoms with Crippen molar-refractivity contribution in [2.75, 3.05) is 31.5 Å². The van der Waals surface area contributed by atoms with Gasteiger partial charge in [0.05, 0.1) is 0 Å². The summed E-state index contributed by atoms with van der Waals surface area (Å²) in [7, 11) is 0. The lowest BCUT2D eigenvalue weighted by molar-refractivity contribution is -0.126. The zero-order chi connectivity index (χ0) is 22.4. The number of nitrogens with one attached hydrogen (secondary N) is 1. The van der Waals surface area contributed by atoms with Gasteiger partial charge in [0.1, 0.15) is 5.60 Å². The van der Waals surface area contributed by atoms with Crippen LogP contribution in [0.5, 0.6) is 0 Å². The van der Waals surface area contributed by atoms with Crippen molar-refractivity contribution in [1.82, 2.24) is 9.80 Å². The number of halogens is 2. The molecule has 2 amide bonds. The highest BCUT2D eigenvalue weighted by Gasteiger charge is 2.54. The van der Waals surface area contributed by atoms with E-state index in [0.717, 1.165) is 5.56 Å². The molecule has 0 aromatic heterocycles. The molecule has 0 aliphatic carbocycles. The van der Waals surface area contributed by atoms with Crippen LogP contribution < -0.4 is 5.32 Å². The third-order valence-electron chi connectivity index (χ3n) is 5.62. The predicted molar refractivity (Wildman–Crippen MR) is 122 cm³/mol. The fourth-order valence-corrected chi connectivity index (χ4v) is 4.76. The Morgan fingerprint density at radius 2 is 1.71 bits per heavy atom. The Labute approximate surface area is 192 Å². The van der Waals surface area contributed by atoms with Gasteiger partial charge in [0.25, 0.3) is 5.91 Å². The average Bonchev–Trinajstić information content (AvgIpc) is 2.99. The SMILES string of the molecule is CC(C)(C)OC(=O)N1CCN(C2(c3ccccc3Cl)C(=O)Nc3ccc(Cl)cc32)CC1. The van der Waals surface area contributed by atoms with Crippen molar-refractivity contribution in [1.29, 1.82) is 0 Å². The Hall–Kier alpha value is -2.28. The van der Waals surface area contributed by atoms with Gasteiger partial charge < -0.3 is 15.0 Å². The summed E-state index contributed by atoms with van der Waals surface area (Å²) in [5, 5.41) is 4.04. The molecule has 31 heavy (non-hydrogen) atoms. The highest BCUT2D eigenvalue weighted by atomic mass is 35.5. The van der Waals surface area contributed by atoms with E-state index < -0.39 is 11.1 Å². The van der Waals surface area contributed by atoms with E-state index in [1.165, 1.54) is 0 Å². The summed E-state index contributed by atoms with van der Waals surface area (Å²) < 4.78 is 5.51. The molecule has 4 rings (SSSR count). The fraction of sp³-hybridized carbons (Fsp3) is 0.391. The molecule has 2 aliphatic rings. The van der Waals surface area contributed by atoms with Gasteiger partial charge >= 0.3 is 6.09 Å². The minimum Gasteiger partial charge on any atom is -0.444 e. The molecule has 2 aromatic carbocycles. The molecule has 0 radical (unpaired) electrons. The number of benzene rings is 2. The number of hydrogen-bond donors (Lipinski definition) is 1. The molecule has 0 spiro atoms. The van der Waals surface area contributed by atoms with Crippen LogP contribution in [-0.4, -0.2) is 53.6 Å². The van der Waals surface area contributed by atoms with Crippen LogP contribution in [0.3, 0.4) is 0 Å². The average molecular weight is 462 g/mol. The first-order valence-corrected chi connectivity index (χ1v) is 11.0. The maximum atomic E-state index is 13.6. The molecular formula is C23H25Cl2N3O3. The summed E-state index contributed by atoms with van der Waals surface area (Å²) >= 11 is 12.9. The Balaban J connectivity index is 1.73. The van der Waals surface area contributed by atoms with Crippen LogP contribution in [0.15, 0.2) is 42.5 Å². The van der Waals surface area contributed by atoms with Crippen LogP contribution in [0.2, 0.25) is 10.0 Å². The molecule has 1 fully saturated rings. The van der Waals surface area contributed by atoms with Crippen molar-refractivity contribution in [3.8, 4) is 0 Å². The van der Waals surface area contributed by atoms with Crippen molar-refractivity contribution in [3.05, 3.63) is 63.6 Å². The second-order valence-corrected chi connectivity index (χ2v) is 9.63. The number of rotatable bonds is 2. The van der Waals surface area contributed by atoms with E-state index in [0.29, 0.717) is 47.5 Å². The Kier molecular flexibility index (Phi) is 5.66. The second-order valence-electron chi connectivity index (χ2n) is 8.79.